The first-order valence-corrected chi connectivity index (χ1v) is 8.27. The van der Waals surface area contributed by atoms with Crippen molar-refractivity contribution in [2.75, 3.05) is 6.79 Å². The maximum absolute atomic E-state index is 12.3. The molecule has 9 heteroatoms. The van der Waals surface area contributed by atoms with Crippen molar-refractivity contribution in [3.8, 4) is 11.5 Å². The minimum Gasteiger partial charge on any atom is -0.454 e. The molecule has 0 spiro atoms. The molecule has 0 fully saturated rings. The molecule has 0 radical (unpaired) electrons. The maximum Gasteiger partial charge on any atom is 0.290 e. The van der Waals surface area contributed by atoms with E-state index in [0.717, 1.165) is 22.2 Å². The second kappa shape index (κ2) is 6.89. The zero-order valence-corrected chi connectivity index (χ0v) is 14.4. The van der Waals surface area contributed by atoms with Crippen LogP contribution in [0.1, 0.15) is 16.1 Å². The van der Waals surface area contributed by atoms with Gasteiger partial charge in [-0.3, -0.25) is 20.7 Å². The summed E-state index contributed by atoms with van der Waals surface area (Å²) in [7, 11) is 0. The number of hydrogen-bond donors (Lipinski definition) is 4. The second-order valence-corrected chi connectivity index (χ2v) is 5.98. The standard InChI is InChI=1S/C17H15N5O3S/c23-16(15-11-3-1-2-4-12(11)19-20-15)21-22-17(26)18-8-10-5-6-13-14(7-10)25-9-24-13/h1-7H,8-9H2,(H,19,20)(H,21,23)(H2,18,22,26). The number of H-pyrrole nitrogens is 1. The molecule has 2 aromatic carbocycles. The van der Waals surface area contributed by atoms with Gasteiger partial charge in [0.1, 0.15) is 0 Å². The third-order valence-electron chi connectivity index (χ3n) is 3.87. The first kappa shape index (κ1) is 16.2. The molecule has 8 nitrogen and oxygen atoms in total. The smallest absolute Gasteiger partial charge is 0.290 e. The number of rotatable bonds is 3. The molecule has 0 atom stereocenters. The molecule has 3 aromatic rings. The van der Waals surface area contributed by atoms with Crippen LogP contribution in [0.3, 0.4) is 0 Å². The van der Waals surface area contributed by atoms with E-state index in [1.165, 1.54) is 0 Å². The number of carbonyl (C=O) groups is 1. The Kier molecular flexibility index (Phi) is 4.28. The van der Waals surface area contributed by atoms with E-state index in [2.05, 4.69) is 26.4 Å². The number of benzene rings is 2. The number of fused-ring (bicyclic) bond motifs is 2. The van der Waals surface area contributed by atoms with Crippen LogP contribution < -0.4 is 25.6 Å². The van der Waals surface area contributed by atoms with Gasteiger partial charge in [0.15, 0.2) is 22.3 Å². The highest BCUT2D eigenvalue weighted by Gasteiger charge is 2.14. The van der Waals surface area contributed by atoms with Gasteiger partial charge in [-0.15, -0.1) is 0 Å². The lowest BCUT2D eigenvalue weighted by atomic mass is 10.2. The van der Waals surface area contributed by atoms with E-state index in [-0.39, 0.29) is 17.8 Å². The summed E-state index contributed by atoms with van der Waals surface area (Å²) in [4.78, 5) is 12.3. The average molecular weight is 369 g/mol. The lowest BCUT2D eigenvalue weighted by molar-refractivity contribution is 0.0940. The Bertz CT molecular complexity index is 987. The highest BCUT2D eigenvalue weighted by Crippen LogP contribution is 2.32. The first-order chi connectivity index (χ1) is 12.7. The summed E-state index contributed by atoms with van der Waals surface area (Å²) < 4.78 is 10.6. The predicted octanol–water partition coefficient (Wildman–Crippen LogP) is 1.60. The molecule has 0 saturated heterocycles. The zero-order chi connectivity index (χ0) is 17.9. The number of nitrogens with zero attached hydrogens (tertiary/aromatic N) is 1. The number of thiocarbonyl (C=S) groups is 1. The molecule has 0 bridgehead atoms. The number of aromatic nitrogens is 2. The van der Waals surface area contributed by atoms with Crippen LogP contribution in [0.5, 0.6) is 11.5 Å². The van der Waals surface area contributed by atoms with Crippen molar-refractivity contribution >= 4 is 34.1 Å². The van der Waals surface area contributed by atoms with Crippen molar-refractivity contribution < 1.29 is 14.3 Å². The maximum atomic E-state index is 12.3. The molecular formula is C17H15N5O3S. The minimum atomic E-state index is -0.380. The molecule has 0 aliphatic carbocycles. The van der Waals surface area contributed by atoms with Crippen LogP contribution in [0.4, 0.5) is 0 Å². The van der Waals surface area contributed by atoms with Crippen LogP contribution in [-0.4, -0.2) is 28.0 Å². The summed E-state index contributed by atoms with van der Waals surface area (Å²) >= 11 is 5.18. The molecular weight excluding hydrogens is 354 g/mol. The van der Waals surface area contributed by atoms with Gasteiger partial charge in [0.25, 0.3) is 5.91 Å². The van der Waals surface area contributed by atoms with Gasteiger partial charge < -0.3 is 14.8 Å². The Labute approximate surface area is 153 Å². The van der Waals surface area contributed by atoms with Crippen molar-refractivity contribution in [2.45, 2.75) is 6.54 Å². The van der Waals surface area contributed by atoms with Gasteiger partial charge in [-0.05, 0) is 36.0 Å². The fourth-order valence-electron chi connectivity index (χ4n) is 2.59. The summed E-state index contributed by atoms with van der Waals surface area (Å²) in [6.07, 6.45) is 0. The fraction of sp³-hybridized carbons (Fsp3) is 0.118. The third-order valence-corrected chi connectivity index (χ3v) is 4.11. The minimum absolute atomic E-state index is 0.236. The van der Waals surface area contributed by atoms with E-state index in [0.29, 0.717) is 18.0 Å². The number of nitrogens with one attached hydrogen (secondary N) is 4. The molecule has 1 aliphatic heterocycles. The molecule has 26 heavy (non-hydrogen) atoms. The monoisotopic (exact) mass is 369 g/mol. The first-order valence-electron chi connectivity index (χ1n) is 7.86. The van der Waals surface area contributed by atoms with Gasteiger partial charge in [0.2, 0.25) is 6.79 Å². The van der Waals surface area contributed by atoms with Crippen LogP contribution in [0.25, 0.3) is 10.9 Å². The van der Waals surface area contributed by atoms with Gasteiger partial charge in [-0.2, -0.15) is 5.10 Å². The van der Waals surface area contributed by atoms with E-state index in [1.807, 2.05) is 42.5 Å². The number of hydrazine groups is 1. The lowest BCUT2D eigenvalue weighted by Crippen LogP contribution is -2.46. The number of amides is 1. The molecule has 2 heterocycles. The van der Waals surface area contributed by atoms with Crippen molar-refractivity contribution in [3.05, 3.63) is 53.7 Å². The van der Waals surface area contributed by atoms with Gasteiger partial charge in [-0.25, -0.2) is 0 Å². The van der Waals surface area contributed by atoms with E-state index in [4.69, 9.17) is 21.7 Å². The molecule has 132 valence electrons. The van der Waals surface area contributed by atoms with Crippen LogP contribution >= 0.6 is 12.2 Å². The van der Waals surface area contributed by atoms with Crippen LogP contribution in [0.15, 0.2) is 42.5 Å². The van der Waals surface area contributed by atoms with E-state index < -0.39 is 0 Å². The zero-order valence-electron chi connectivity index (χ0n) is 13.5. The molecule has 0 unspecified atom stereocenters. The van der Waals surface area contributed by atoms with Gasteiger partial charge >= 0.3 is 0 Å². The lowest BCUT2D eigenvalue weighted by Gasteiger charge is -2.11. The summed E-state index contributed by atoms with van der Waals surface area (Å²) in [6, 6.07) is 13.0. The fourth-order valence-corrected chi connectivity index (χ4v) is 2.71. The number of hydrogen-bond acceptors (Lipinski definition) is 5. The normalized spacial score (nSPS) is 12.0. The number of ether oxygens (including phenoxy) is 2. The Morgan fingerprint density at radius 1 is 1.15 bits per heavy atom. The summed E-state index contributed by atoms with van der Waals surface area (Å²) in [5.41, 5.74) is 7.27. The molecule has 1 aliphatic rings. The Morgan fingerprint density at radius 2 is 2.00 bits per heavy atom. The summed E-state index contributed by atoms with van der Waals surface area (Å²) in [6.45, 7) is 0.712. The van der Waals surface area contributed by atoms with Gasteiger partial charge in [0.05, 0.1) is 5.52 Å². The Balaban J connectivity index is 1.30. The molecule has 4 N–H and O–H groups in total. The molecule has 1 aromatic heterocycles. The highest BCUT2D eigenvalue weighted by atomic mass is 32.1. The predicted molar refractivity (Wildman–Crippen MR) is 98.7 cm³/mol. The molecule has 1 amide bonds. The summed E-state index contributed by atoms with van der Waals surface area (Å²) in [5.74, 6) is 1.06. The molecule has 0 saturated carbocycles. The van der Waals surface area contributed by atoms with E-state index >= 15 is 0 Å². The SMILES string of the molecule is O=C(NNC(=S)NCc1ccc2c(c1)OCO2)c1n[nH]c2ccccc12. The van der Waals surface area contributed by atoms with Crippen molar-refractivity contribution in [1.29, 1.82) is 0 Å². The molecule has 4 rings (SSSR count). The van der Waals surface area contributed by atoms with Gasteiger partial charge in [0, 0.05) is 11.9 Å². The second-order valence-electron chi connectivity index (χ2n) is 5.57. The third kappa shape index (κ3) is 3.24. The van der Waals surface area contributed by atoms with Crippen LogP contribution in [-0.2, 0) is 6.54 Å². The quantitative estimate of drug-likeness (QED) is 0.411. The largest absolute Gasteiger partial charge is 0.454 e. The van der Waals surface area contributed by atoms with Crippen molar-refractivity contribution in [2.24, 2.45) is 0 Å². The average Bonchev–Trinajstić information content (AvgIpc) is 3.30. The number of aromatic amines is 1. The van der Waals surface area contributed by atoms with E-state index in [9.17, 15) is 4.79 Å². The van der Waals surface area contributed by atoms with Crippen LogP contribution in [0.2, 0.25) is 0 Å². The Morgan fingerprint density at radius 3 is 2.92 bits per heavy atom. The van der Waals surface area contributed by atoms with Gasteiger partial charge in [-0.1, -0.05) is 24.3 Å². The van der Waals surface area contributed by atoms with Crippen molar-refractivity contribution in [1.82, 2.24) is 26.4 Å². The topological polar surface area (TPSA) is 100 Å². The summed E-state index contributed by atoms with van der Waals surface area (Å²) in [5, 5.41) is 10.9. The van der Waals surface area contributed by atoms with Crippen molar-refractivity contribution in [3.63, 3.8) is 0 Å². The van der Waals surface area contributed by atoms with Crippen LogP contribution in [0, 0.1) is 0 Å². The van der Waals surface area contributed by atoms with E-state index in [1.54, 1.807) is 0 Å². The Hall–Kier alpha value is -3.33. The number of carbonyl (C=O) groups excluding carboxylic acids is 1. The number of para-hydroxylation sites is 1. The highest BCUT2D eigenvalue weighted by molar-refractivity contribution is 7.80.